The molecule has 1 aromatic carbocycles. The van der Waals surface area contributed by atoms with Gasteiger partial charge in [0.2, 0.25) is 5.91 Å². The van der Waals surface area contributed by atoms with Crippen molar-refractivity contribution in [1.82, 2.24) is 9.96 Å². The van der Waals surface area contributed by atoms with Crippen LogP contribution in [0.5, 0.6) is 0 Å². The largest absolute Gasteiger partial charge is 0.444 e. The van der Waals surface area contributed by atoms with Crippen LogP contribution >= 0.6 is 0 Å². The van der Waals surface area contributed by atoms with E-state index in [4.69, 9.17) is 14.3 Å². The molecule has 0 atom stereocenters. The number of nitrogens with zero attached hydrogens (tertiary/aromatic N) is 2. The number of benzene rings is 1. The molecule has 7 nitrogen and oxygen atoms in total. The fourth-order valence-electron chi connectivity index (χ4n) is 1.78. The van der Waals surface area contributed by atoms with Crippen molar-refractivity contribution in [1.29, 1.82) is 0 Å². The second kappa shape index (κ2) is 9.24. The van der Waals surface area contributed by atoms with E-state index in [-0.39, 0.29) is 25.5 Å². The Hall–Kier alpha value is -2.12. The zero-order valence-electron chi connectivity index (χ0n) is 14.9. The van der Waals surface area contributed by atoms with Gasteiger partial charge in [0.1, 0.15) is 12.3 Å². The van der Waals surface area contributed by atoms with Crippen LogP contribution in [0.25, 0.3) is 0 Å². The molecule has 0 N–H and O–H groups in total. The molecule has 1 aromatic rings. The maximum absolute atomic E-state index is 12.1. The van der Waals surface area contributed by atoms with Gasteiger partial charge in [-0.25, -0.2) is 9.86 Å². The third kappa shape index (κ3) is 6.17. The van der Waals surface area contributed by atoms with Gasteiger partial charge in [-0.1, -0.05) is 30.3 Å². The van der Waals surface area contributed by atoms with Gasteiger partial charge in [-0.2, -0.15) is 0 Å². The maximum atomic E-state index is 12.1. The van der Waals surface area contributed by atoms with Crippen LogP contribution in [0.15, 0.2) is 30.3 Å². The lowest BCUT2D eigenvalue weighted by molar-refractivity contribution is -0.172. The van der Waals surface area contributed by atoms with E-state index in [0.29, 0.717) is 0 Å². The monoisotopic (exact) mass is 338 g/mol. The summed E-state index contributed by atoms with van der Waals surface area (Å²) in [5.41, 5.74) is 0.00541. The van der Waals surface area contributed by atoms with Gasteiger partial charge >= 0.3 is 6.09 Å². The van der Waals surface area contributed by atoms with E-state index in [0.717, 1.165) is 10.6 Å². The van der Waals surface area contributed by atoms with Crippen molar-refractivity contribution in [3.05, 3.63) is 35.9 Å². The van der Waals surface area contributed by atoms with Gasteiger partial charge < -0.3 is 9.47 Å². The topological polar surface area (TPSA) is 68.3 Å². The van der Waals surface area contributed by atoms with E-state index >= 15 is 0 Å². The summed E-state index contributed by atoms with van der Waals surface area (Å²) in [7, 11) is 4.54. The Bertz CT molecular complexity index is 533. The summed E-state index contributed by atoms with van der Waals surface area (Å²) in [5, 5.41) is 1.13. The summed E-state index contributed by atoms with van der Waals surface area (Å²) < 4.78 is 10.9. The van der Waals surface area contributed by atoms with Gasteiger partial charge in [0.05, 0.1) is 20.1 Å². The molecule has 0 heterocycles. The summed E-state index contributed by atoms with van der Waals surface area (Å²) in [6.45, 7) is 3.83. The third-order valence-corrected chi connectivity index (χ3v) is 3.68. The minimum atomic E-state index is -0.903. The van der Waals surface area contributed by atoms with E-state index < -0.39 is 11.8 Å². The molecule has 24 heavy (non-hydrogen) atoms. The van der Waals surface area contributed by atoms with Gasteiger partial charge in [0.15, 0.2) is 0 Å². The van der Waals surface area contributed by atoms with Crippen LogP contribution in [0, 0.1) is 0 Å². The first-order chi connectivity index (χ1) is 11.3. The molecular weight excluding hydrogens is 312 g/mol. The van der Waals surface area contributed by atoms with Gasteiger partial charge in [-0.05, 0) is 19.4 Å². The molecule has 0 aliphatic carbocycles. The highest BCUT2D eigenvalue weighted by Gasteiger charge is 2.30. The lowest BCUT2D eigenvalue weighted by atomic mass is 10.2. The number of carbonyl (C=O) groups is 2. The summed E-state index contributed by atoms with van der Waals surface area (Å²) in [6, 6.07) is 9.43. The Morgan fingerprint density at radius 1 is 1.12 bits per heavy atom. The average molecular weight is 338 g/mol. The number of ether oxygens (including phenoxy) is 2. The maximum Gasteiger partial charge on any atom is 0.412 e. The molecule has 7 heteroatoms. The number of rotatable bonds is 8. The van der Waals surface area contributed by atoms with Crippen molar-refractivity contribution >= 4 is 12.0 Å². The average Bonchev–Trinajstić information content (AvgIpc) is 2.58. The van der Waals surface area contributed by atoms with Crippen LogP contribution in [-0.4, -0.2) is 55.5 Å². The fraction of sp³-hybridized carbons (Fsp3) is 0.529. The molecule has 0 bridgehead atoms. The molecule has 0 saturated carbocycles. The molecule has 0 aliphatic rings. The molecule has 2 amide bonds. The minimum Gasteiger partial charge on any atom is -0.444 e. The highest BCUT2D eigenvalue weighted by molar-refractivity contribution is 5.74. The Labute approximate surface area is 143 Å². The van der Waals surface area contributed by atoms with Crippen LogP contribution in [0.3, 0.4) is 0 Å². The number of amides is 2. The fourth-order valence-corrected chi connectivity index (χ4v) is 1.78. The van der Waals surface area contributed by atoms with E-state index in [1.165, 1.54) is 19.1 Å². The van der Waals surface area contributed by atoms with Crippen molar-refractivity contribution < 1.29 is 23.9 Å². The molecule has 0 spiro atoms. The minimum absolute atomic E-state index is 0.153. The number of carbonyl (C=O) groups excluding carboxylic acids is 2. The van der Waals surface area contributed by atoms with E-state index in [2.05, 4.69) is 0 Å². The van der Waals surface area contributed by atoms with Crippen LogP contribution in [0.2, 0.25) is 0 Å². The molecular formula is C17H26N2O5. The Kier molecular flexibility index (Phi) is 7.67. The molecule has 134 valence electrons. The smallest absolute Gasteiger partial charge is 0.412 e. The highest BCUT2D eigenvalue weighted by Crippen LogP contribution is 2.16. The normalized spacial score (nSPS) is 11.0. The number of hydrogen-bond acceptors (Lipinski definition) is 5. The second-order valence-corrected chi connectivity index (χ2v) is 5.72. The second-order valence-electron chi connectivity index (χ2n) is 5.72. The van der Waals surface area contributed by atoms with Crippen LogP contribution < -0.4 is 0 Å². The van der Waals surface area contributed by atoms with Crippen LogP contribution in [0.1, 0.15) is 25.8 Å². The van der Waals surface area contributed by atoms with Crippen molar-refractivity contribution in [2.45, 2.75) is 32.6 Å². The van der Waals surface area contributed by atoms with Gasteiger partial charge in [-0.15, -0.1) is 0 Å². The highest BCUT2D eigenvalue weighted by atomic mass is 16.7. The van der Waals surface area contributed by atoms with Crippen LogP contribution in [0.4, 0.5) is 4.79 Å². The van der Waals surface area contributed by atoms with Gasteiger partial charge in [0.25, 0.3) is 0 Å². The Balaban J connectivity index is 2.44. The summed E-state index contributed by atoms with van der Waals surface area (Å²) in [4.78, 5) is 29.9. The number of hydrogen-bond donors (Lipinski definition) is 0. The zero-order chi connectivity index (χ0) is 18.2. The molecule has 0 unspecified atom stereocenters. The van der Waals surface area contributed by atoms with Gasteiger partial charge in [-0.3, -0.25) is 14.5 Å². The van der Waals surface area contributed by atoms with Crippen molar-refractivity contribution in [3.63, 3.8) is 0 Å². The first-order valence-corrected chi connectivity index (χ1v) is 7.67. The Morgan fingerprint density at radius 3 is 2.33 bits per heavy atom. The van der Waals surface area contributed by atoms with E-state index in [1.807, 2.05) is 30.3 Å². The molecule has 0 aliphatic heterocycles. The summed E-state index contributed by atoms with van der Waals surface area (Å²) in [5.74, 6) is -0.206. The van der Waals surface area contributed by atoms with E-state index in [1.54, 1.807) is 20.9 Å². The molecule has 0 radical (unpaired) electrons. The lowest BCUT2D eigenvalue weighted by Gasteiger charge is -2.34. The third-order valence-electron chi connectivity index (χ3n) is 3.68. The molecule has 0 saturated heterocycles. The zero-order valence-corrected chi connectivity index (χ0v) is 14.9. The van der Waals surface area contributed by atoms with Gasteiger partial charge in [0, 0.05) is 14.1 Å². The SMILES string of the molecule is CON(C)C(=O)CCOC(C)(C)N(C)C(=O)OCc1ccccc1. The number of hydroxylamine groups is 2. The summed E-state index contributed by atoms with van der Waals surface area (Å²) >= 11 is 0. The van der Waals surface area contributed by atoms with Crippen molar-refractivity contribution in [2.75, 3.05) is 27.8 Å². The quantitative estimate of drug-likeness (QED) is 0.538. The standard InChI is InChI=1S/C17H26N2O5/c1-17(2,24-12-11-15(20)19(4)22-5)18(3)16(21)23-13-14-9-7-6-8-10-14/h6-10H,11-13H2,1-5H3. The van der Waals surface area contributed by atoms with Crippen LogP contribution in [-0.2, 0) is 25.7 Å². The van der Waals surface area contributed by atoms with E-state index in [9.17, 15) is 9.59 Å². The summed E-state index contributed by atoms with van der Waals surface area (Å²) in [6.07, 6.45) is -0.343. The van der Waals surface area contributed by atoms with Crippen molar-refractivity contribution in [3.8, 4) is 0 Å². The first kappa shape index (κ1) is 19.9. The first-order valence-electron chi connectivity index (χ1n) is 7.67. The predicted molar refractivity (Wildman–Crippen MR) is 88.8 cm³/mol. The lowest BCUT2D eigenvalue weighted by Crippen LogP contribution is -2.47. The predicted octanol–water partition coefficient (Wildman–Crippen LogP) is 2.42. The molecule has 0 aromatic heterocycles. The van der Waals surface area contributed by atoms with Crippen molar-refractivity contribution in [2.24, 2.45) is 0 Å². The molecule has 0 fully saturated rings. The molecule has 1 rings (SSSR count). The Morgan fingerprint density at radius 2 is 1.75 bits per heavy atom.